The lowest BCUT2D eigenvalue weighted by Gasteiger charge is -2.27. The van der Waals surface area contributed by atoms with Gasteiger partial charge in [-0.15, -0.1) is 0 Å². The molecule has 4 heteroatoms. The van der Waals surface area contributed by atoms with Gasteiger partial charge in [0.05, 0.1) is 28.1 Å². The van der Waals surface area contributed by atoms with Crippen LogP contribution in [-0.4, -0.2) is 4.57 Å². The van der Waals surface area contributed by atoms with Crippen molar-refractivity contribution in [1.29, 1.82) is 0 Å². The highest BCUT2D eigenvalue weighted by molar-refractivity contribution is 6.12. The van der Waals surface area contributed by atoms with Gasteiger partial charge in [0.25, 0.3) is 0 Å². The topological polar surface area (TPSA) is 14.7 Å². The Balaban J connectivity index is 0.780. The van der Waals surface area contributed by atoms with Crippen LogP contribution in [0.2, 0.25) is 0 Å². The summed E-state index contributed by atoms with van der Waals surface area (Å²) in [6, 6.07) is 128. The molecule has 0 N–H and O–H groups in total. The standard InChI is InChI=1S/C84H58N4/c1-4-25-68(26-5-1)85(80-34-16-22-63-19-10-13-31-75(63)80)71-47-37-59(38-48-71)60-39-53-74(54-40-60)88-83-55-45-66(61-41-49-72(50-42-61)86(69-27-6-2-7-28-69)81-35-17-23-64-20-11-14-32-76(64)81)57-78(83)79-58-67(46-56-84(79)88)62-43-51-73(52-44-62)87(70-29-8-3-9-30-70)82-36-18-24-65-21-12-15-33-77(65)82/h1-58H. The Morgan fingerprint density at radius 2 is 0.443 bits per heavy atom. The number of rotatable bonds is 13. The lowest BCUT2D eigenvalue weighted by molar-refractivity contribution is 1.18. The Hall–Kier alpha value is -11.7. The molecule has 0 saturated heterocycles. The minimum Gasteiger partial charge on any atom is -0.310 e. The summed E-state index contributed by atoms with van der Waals surface area (Å²) in [7, 11) is 0. The highest BCUT2D eigenvalue weighted by atomic mass is 15.2. The maximum atomic E-state index is 2.43. The molecule has 0 radical (unpaired) electrons. The molecular weight excluding hydrogens is 1060 g/mol. The monoisotopic (exact) mass is 1120 g/mol. The average Bonchev–Trinajstić information content (AvgIpc) is 1.77. The molecule has 0 spiro atoms. The molecule has 0 unspecified atom stereocenters. The van der Waals surface area contributed by atoms with E-state index in [1.54, 1.807) is 0 Å². The predicted octanol–water partition coefficient (Wildman–Crippen LogP) is 23.7. The van der Waals surface area contributed by atoms with Gasteiger partial charge in [-0.05, 0) is 177 Å². The summed E-state index contributed by atoms with van der Waals surface area (Å²) in [6.45, 7) is 0. The van der Waals surface area contributed by atoms with Gasteiger partial charge in [0.15, 0.2) is 0 Å². The van der Waals surface area contributed by atoms with Crippen LogP contribution in [0.1, 0.15) is 0 Å². The first-order valence-corrected chi connectivity index (χ1v) is 30.1. The quantitative estimate of drug-likeness (QED) is 0.114. The van der Waals surface area contributed by atoms with E-state index in [4.69, 9.17) is 0 Å². The molecule has 16 rings (SSSR count). The summed E-state index contributed by atoms with van der Waals surface area (Å²) < 4.78 is 2.43. The molecule has 15 aromatic carbocycles. The molecule has 0 amide bonds. The molecule has 0 saturated carbocycles. The number of hydrogen-bond donors (Lipinski definition) is 0. The van der Waals surface area contributed by atoms with E-state index in [9.17, 15) is 0 Å². The van der Waals surface area contributed by atoms with E-state index in [0.717, 1.165) is 101 Å². The van der Waals surface area contributed by atoms with Gasteiger partial charge < -0.3 is 19.3 Å². The highest BCUT2D eigenvalue weighted by Crippen LogP contribution is 2.45. The number of fused-ring (bicyclic) bond motifs is 6. The van der Waals surface area contributed by atoms with E-state index in [-0.39, 0.29) is 0 Å². The van der Waals surface area contributed by atoms with Gasteiger partial charge in [0, 0.05) is 66.7 Å². The zero-order chi connectivity index (χ0) is 58.3. The average molecular weight is 1120 g/mol. The van der Waals surface area contributed by atoms with Gasteiger partial charge in [-0.25, -0.2) is 0 Å². The molecule has 0 atom stereocenters. The minimum absolute atomic E-state index is 1.10. The zero-order valence-corrected chi connectivity index (χ0v) is 48.3. The fourth-order valence-electron chi connectivity index (χ4n) is 13.1. The molecule has 4 nitrogen and oxygen atoms in total. The Labute approximate surface area is 512 Å². The SMILES string of the molecule is c1ccc(N(c2ccc(-c3ccc(-n4c5ccc(-c6ccc(N(c7ccccc7)c7cccc8ccccc78)cc6)cc5c5cc(-c6ccc(N(c7ccccc7)c7cccc8ccccc78)cc6)ccc54)cc3)cc2)c2cccc3ccccc23)cc1. The molecule has 1 aromatic heterocycles. The largest absolute Gasteiger partial charge is 0.310 e. The van der Waals surface area contributed by atoms with Crippen molar-refractivity contribution < 1.29 is 0 Å². The van der Waals surface area contributed by atoms with Crippen molar-refractivity contribution in [2.75, 3.05) is 14.7 Å². The number of benzene rings is 15. The summed E-state index contributed by atoms with van der Waals surface area (Å²) in [5.74, 6) is 0. The molecule has 0 aliphatic carbocycles. The molecule has 0 fully saturated rings. The Bertz CT molecular complexity index is 4940. The maximum Gasteiger partial charge on any atom is 0.0541 e. The van der Waals surface area contributed by atoms with Gasteiger partial charge in [-0.3, -0.25) is 0 Å². The van der Waals surface area contributed by atoms with E-state index in [2.05, 4.69) is 371 Å². The van der Waals surface area contributed by atoms with Crippen molar-refractivity contribution in [2.45, 2.75) is 0 Å². The highest BCUT2D eigenvalue weighted by Gasteiger charge is 2.21. The van der Waals surface area contributed by atoms with E-state index in [1.807, 2.05) is 0 Å². The summed E-state index contributed by atoms with van der Waals surface area (Å²) >= 11 is 0. The smallest absolute Gasteiger partial charge is 0.0541 e. The van der Waals surface area contributed by atoms with E-state index < -0.39 is 0 Å². The first kappa shape index (κ1) is 51.9. The van der Waals surface area contributed by atoms with Crippen molar-refractivity contribution in [1.82, 2.24) is 4.57 Å². The second-order valence-electron chi connectivity index (χ2n) is 22.5. The summed E-state index contributed by atoms with van der Waals surface area (Å²) in [5.41, 5.74) is 20.4. The van der Waals surface area contributed by atoms with Crippen LogP contribution >= 0.6 is 0 Å². The van der Waals surface area contributed by atoms with Gasteiger partial charge in [-0.1, -0.05) is 224 Å². The fraction of sp³-hybridized carbons (Fsp3) is 0. The molecular formula is C84H58N4. The summed E-state index contributed by atoms with van der Waals surface area (Å²) in [4.78, 5) is 7.10. The van der Waals surface area contributed by atoms with E-state index >= 15 is 0 Å². The normalized spacial score (nSPS) is 11.4. The van der Waals surface area contributed by atoms with Gasteiger partial charge in [-0.2, -0.15) is 0 Å². The lowest BCUT2D eigenvalue weighted by Crippen LogP contribution is -2.10. The molecule has 414 valence electrons. The van der Waals surface area contributed by atoms with Crippen LogP contribution in [0, 0.1) is 0 Å². The van der Waals surface area contributed by atoms with Gasteiger partial charge in [0.2, 0.25) is 0 Å². The van der Waals surface area contributed by atoms with Crippen LogP contribution in [0.5, 0.6) is 0 Å². The Morgan fingerprint density at radius 3 is 0.784 bits per heavy atom. The molecule has 0 aliphatic rings. The Kier molecular flexibility index (Phi) is 13.2. The third-order valence-electron chi connectivity index (χ3n) is 17.3. The summed E-state index contributed by atoms with van der Waals surface area (Å²) in [6.07, 6.45) is 0. The number of aromatic nitrogens is 1. The maximum absolute atomic E-state index is 2.43. The number of anilines is 9. The fourth-order valence-corrected chi connectivity index (χ4v) is 13.1. The van der Waals surface area contributed by atoms with Crippen molar-refractivity contribution in [3.05, 3.63) is 352 Å². The van der Waals surface area contributed by atoms with Crippen molar-refractivity contribution in [2.24, 2.45) is 0 Å². The first-order valence-electron chi connectivity index (χ1n) is 30.1. The number of nitrogens with zero attached hydrogens (tertiary/aromatic N) is 4. The minimum atomic E-state index is 1.10. The molecule has 1 heterocycles. The lowest BCUT2D eigenvalue weighted by atomic mass is 9.99. The van der Waals surface area contributed by atoms with Crippen molar-refractivity contribution in [3.8, 4) is 39.1 Å². The van der Waals surface area contributed by atoms with Crippen LogP contribution < -0.4 is 14.7 Å². The summed E-state index contributed by atoms with van der Waals surface area (Å²) in [5, 5.41) is 9.64. The van der Waals surface area contributed by atoms with Crippen molar-refractivity contribution in [3.63, 3.8) is 0 Å². The second kappa shape index (κ2) is 22.4. The third kappa shape index (κ3) is 9.47. The van der Waals surface area contributed by atoms with Crippen LogP contribution in [0.25, 0.3) is 93.2 Å². The van der Waals surface area contributed by atoms with Crippen LogP contribution in [0.4, 0.5) is 51.2 Å². The third-order valence-corrected chi connectivity index (χ3v) is 17.3. The van der Waals surface area contributed by atoms with Crippen LogP contribution in [0.3, 0.4) is 0 Å². The molecule has 0 aliphatic heterocycles. The van der Waals surface area contributed by atoms with Crippen molar-refractivity contribution >= 4 is 105 Å². The van der Waals surface area contributed by atoms with E-state index in [0.29, 0.717) is 0 Å². The van der Waals surface area contributed by atoms with Crippen LogP contribution in [-0.2, 0) is 0 Å². The molecule has 0 bridgehead atoms. The second-order valence-corrected chi connectivity index (χ2v) is 22.5. The number of para-hydroxylation sites is 3. The molecule has 16 aromatic rings. The molecule has 88 heavy (non-hydrogen) atoms. The first-order chi connectivity index (χ1) is 43.6. The van der Waals surface area contributed by atoms with Crippen LogP contribution in [0.15, 0.2) is 352 Å². The zero-order valence-electron chi connectivity index (χ0n) is 48.3. The van der Waals surface area contributed by atoms with Gasteiger partial charge in [0.1, 0.15) is 0 Å². The Morgan fingerprint density at radius 1 is 0.182 bits per heavy atom. The van der Waals surface area contributed by atoms with Gasteiger partial charge >= 0.3 is 0 Å². The number of hydrogen-bond acceptors (Lipinski definition) is 3. The van der Waals surface area contributed by atoms with E-state index in [1.165, 1.54) is 43.1 Å². The predicted molar refractivity (Wildman–Crippen MR) is 374 cm³/mol.